The summed E-state index contributed by atoms with van der Waals surface area (Å²) in [6.07, 6.45) is 3.22. The van der Waals surface area contributed by atoms with E-state index in [0.29, 0.717) is 16.7 Å². The summed E-state index contributed by atoms with van der Waals surface area (Å²) in [5.74, 6) is 1.19. The number of H-pyrrole nitrogens is 1. The van der Waals surface area contributed by atoms with E-state index >= 15 is 0 Å². The highest BCUT2D eigenvalue weighted by atomic mass is 35.5. The van der Waals surface area contributed by atoms with Gasteiger partial charge < -0.3 is 10.7 Å². The topological polar surface area (TPSA) is 84.1 Å². The van der Waals surface area contributed by atoms with Gasteiger partial charge in [0.1, 0.15) is 10.7 Å². The summed E-state index contributed by atoms with van der Waals surface area (Å²) in [5.41, 5.74) is 6.90. The number of aliphatic imine (C=N–C) groups is 1. The van der Waals surface area contributed by atoms with Crippen molar-refractivity contribution in [3.8, 4) is 0 Å². The molecule has 3 N–H and O–H groups in total. The Morgan fingerprint density at radius 2 is 2.17 bits per heavy atom. The van der Waals surface area contributed by atoms with E-state index in [1.807, 2.05) is 20.8 Å². The number of rotatable bonds is 2. The second kappa shape index (κ2) is 6.83. The third-order valence-corrected chi connectivity index (χ3v) is 5.42. The molecule has 2 heterocycles. The van der Waals surface area contributed by atoms with Crippen molar-refractivity contribution >= 4 is 50.9 Å². The largest absolute Gasteiger partial charge is 0.379 e. The lowest BCUT2D eigenvalue weighted by Gasteiger charge is -2.12. The predicted octanol–water partition coefficient (Wildman–Crippen LogP) is 3.24. The fourth-order valence-corrected chi connectivity index (χ4v) is 4.66. The third kappa shape index (κ3) is 4.08. The molecule has 0 bridgehead atoms. The maximum Gasteiger partial charge on any atom is 0.259 e. The first-order valence-electron chi connectivity index (χ1n) is 7.35. The van der Waals surface area contributed by atoms with E-state index in [9.17, 15) is 4.79 Å². The molecule has 0 atom stereocenters. The lowest BCUT2D eigenvalue weighted by atomic mass is 10.1. The Labute approximate surface area is 149 Å². The Morgan fingerprint density at radius 1 is 1.43 bits per heavy atom. The van der Waals surface area contributed by atoms with Gasteiger partial charge in [-0.25, -0.2) is 4.98 Å². The number of nitrogens with one attached hydrogen (secondary N) is 1. The van der Waals surface area contributed by atoms with Gasteiger partial charge in [-0.2, -0.15) is 0 Å². The summed E-state index contributed by atoms with van der Waals surface area (Å²) in [6, 6.07) is 0. The summed E-state index contributed by atoms with van der Waals surface area (Å²) in [4.78, 5) is 26.4. The van der Waals surface area contributed by atoms with Crippen LogP contribution in [-0.4, -0.2) is 20.7 Å². The number of halogens is 1. The second-order valence-electron chi connectivity index (χ2n) is 6.46. The molecule has 23 heavy (non-hydrogen) atoms. The van der Waals surface area contributed by atoms with Crippen LogP contribution in [0.3, 0.4) is 0 Å². The Bertz CT molecular complexity index is 804. The van der Waals surface area contributed by atoms with Crippen molar-refractivity contribution in [2.45, 2.75) is 51.3 Å². The molecule has 0 unspecified atom stereocenters. The summed E-state index contributed by atoms with van der Waals surface area (Å²) >= 11 is 3.06. The number of amidine groups is 1. The van der Waals surface area contributed by atoms with Crippen LogP contribution in [0.5, 0.6) is 0 Å². The van der Waals surface area contributed by atoms with Crippen molar-refractivity contribution < 1.29 is 0 Å². The van der Waals surface area contributed by atoms with Crippen LogP contribution in [0.25, 0.3) is 10.2 Å². The lowest BCUT2D eigenvalue weighted by Crippen LogP contribution is -2.18. The summed E-state index contributed by atoms with van der Waals surface area (Å²) < 4.78 is 0. The first-order valence-corrected chi connectivity index (χ1v) is 9.15. The minimum absolute atomic E-state index is 0. The van der Waals surface area contributed by atoms with Gasteiger partial charge in [-0.1, -0.05) is 11.8 Å². The number of hydrogen-bond acceptors (Lipinski definition) is 5. The number of thiophene rings is 1. The van der Waals surface area contributed by atoms with Gasteiger partial charge in [-0.3, -0.25) is 9.79 Å². The first-order chi connectivity index (χ1) is 10.3. The van der Waals surface area contributed by atoms with E-state index in [1.54, 1.807) is 11.3 Å². The predicted molar refractivity (Wildman–Crippen MR) is 102 cm³/mol. The summed E-state index contributed by atoms with van der Waals surface area (Å²) in [6.45, 7) is 6.00. The van der Waals surface area contributed by atoms with Gasteiger partial charge in [0.25, 0.3) is 5.56 Å². The van der Waals surface area contributed by atoms with E-state index in [0.717, 1.165) is 29.5 Å². The zero-order chi connectivity index (χ0) is 15.9. The maximum absolute atomic E-state index is 12.3. The molecule has 0 amide bonds. The molecule has 5 nitrogen and oxygen atoms in total. The molecule has 1 aliphatic rings. The molecule has 0 fully saturated rings. The molecule has 0 aliphatic heterocycles. The highest BCUT2D eigenvalue weighted by Gasteiger charge is 2.21. The highest BCUT2D eigenvalue weighted by molar-refractivity contribution is 8.13. The number of aromatic amines is 1. The third-order valence-electron chi connectivity index (χ3n) is 3.43. The zero-order valence-electron chi connectivity index (χ0n) is 13.4. The van der Waals surface area contributed by atoms with E-state index in [2.05, 4.69) is 15.0 Å². The fraction of sp³-hybridized carbons (Fsp3) is 0.533. The van der Waals surface area contributed by atoms with Gasteiger partial charge in [0, 0.05) is 4.88 Å². The van der Waals surface area contributed by atoms with Crippen LogP contribution in [0, 0.1) is 0 Å². The molecule has 2 aromatic heterocycles. The van der Waals surface area contributed by atoms with Crippen LogP contribution in [0.1, 0.15) is 43.5 Å². The van der Waals surface area contributed by atoms with E-state index < -0.39 is 0 Å². The fourth-order valence-electron chi connectivity index (χ4n) is 2.62. The van der Waals surface area contributed by atoms with Crippen LogP contribution in [0.15, 0.2) is 9.79 Å². The molecular weight excluding hydrogens is 352 g/mol. The molecular formula is C15H21ClN4OS2. The van der Waals surface area contributed by atoms with Gasteiger partial charge in [-0.05, 0) is 45.6 Å². The monoisotopic (exact) mass is 372 g/mol. The zero-order valence-corrected chi connectivity index (χ0v) is 15.9. The van der Waals surface area contributed by atoms with Crippen molar-refractivity contribution in [1.29, 1.82) is 0 Å². The number of nitrogens with zero attached hydrogens (tertiary/aromatic N) is 2. The maximum atomic E-state index is 12.3. The number of nitrogens with two attached hydrogens (primary N) is 1. The van der Waals surface area contributed by atoms with E-state index in [-0.39, 0.29) is 23.5 Å². The van der Waals surface area contributed by atoms with Crippen molar-refractivity contribution in [2.24, 2.45) is 10.7 Å². The second-order valence-corrected chi connectivity index (χ2v) is 8.54. The molecule has 3 rings (SSSR count). The molecule has 0 radical (unpaired) electrons. The van der Waals surface area contributed by atoms with Gasteiger partial charge in [-0.15, -0.1) is 23.7 Å². The van der Waals surface area contributed by atoms with Gasteiger partial charge in [0.05, 0.1) is 16.7 Å². The molecule has 0 saturated heterocycles. The van der Waals surface area contributed by atoms with Crippen LogP contribution >= 0.6 is 35.5 Å². The molecule has 0 saturated carbocycles. The number of aryl methyl sites for hydroxylation is 2. The molecule has 8 heteroatoms. The molecule has 1 aliphatic carbocycles. The lowest BCUT2D eigenvalue weighted by molar-refractivity contribution is 0.585. The average molecular weight is 373 g/mol. The van der Waals surface area contributed by atoms with Gasteiger partial charge >= 0.3 is 0 Å². The highest BCUT2D eigenvalue weighted by Crippen LogP contribution is 2.34. The number of fused-ring (bicyclic) bond motifs is 3. The number of hydrogen-bond donors (Lipinski definition) is 2. The van der Waals surface area contributed by atoms with Gasteiger partial charge in [0.2, 0.25) is 0 Å². The van der Waals surface area contributed by atoms with Crippen molar-refractivity contribution in [3.05, 3.63) is 26.6 Å². The van der Waals surface area contributed by atoms with Crippen LogP contribution in [0.4, 0.5) is 0 Å². The quantitative estimate of drug-likeness (QED) is 0.626. The normalized spacial score (nSPS) is 14.8. The smallest absolute Gasteiger partial charge is 0.259 e. The number of aromatic nitrogens is 2. The Morgan fingerprint density at radius 3 is 2.87 bits per heavy atom. The molecule has 2 aromatic rings. The van der Waals surface area contributed by atoms with E-state index in [4.69, 9.17) is 5.73 Å². The Kier molecular flexibility index (Phi) is 5.43. The Hall–Kier alpha value is -1.05. The molecule has 0 spiro atoms. The van der Waals surface area contributed by atoms with Crippen LogP contribution in [-0.2, 0) is 18.6 Å². The summed E-state index contributed by atoms with van der Waals surface area (Å²) in [7, 11) is 0. The van der Waals surface area contributed by atoms with Crippen molar-refractivity contribution in [1.82, 2.24) is 9.97 Å². The number of thioether (sulfide) groups is 1. The van der Waals surface area contributed by atoms with Crippen molar-refractivity contribution in [2.75, 3.05) is 0 Å². The van der Waals surface area contributed by atoms with Crippen molar-refractivity contribution in [3.63, 3.8) is 0 Å². The van der Waals surface area contributed by atoms with E-state index in [1.165, 1.54) is 22.2 Å². The minimum atomic E-state index is -0.198. The molecule has 126 valence electrons. The average Bonchev–Trinajstić information content (AvgIpc) is 2.93. The van der Waals surface area contributed by atoms with Gasteiger partial charge in [0.15, 0.2) is 5.17 Å². The Balaban J connectivity index is 0.00000192. The first kappa shape index (κ1) is 18.3. The van der Waals surface area contributed by atoms with Crippen LogP contribution in [0.2, 0.25) is 0 Å². The van der Waals surface area contributed by atoms with Crippen LogP contribution < -0.4 is 11.3 Å². The summed E-state index contributed by atoms with van der Waals surface area (Å²) in [5, 5.41) is 1.31. The standard InChI is InChI=1S/C15H20N4OS2.ClH/c1-15(2,3)19-14(16)21-7-10-17-12(20)11-8-5-4-6-9(8)22-13(11)18-10;/h4-7H2,1-3H3,(H2,16,19)(H,17,18,20);1H. The minimum Gasteiger partial charge on any atom is -0.379 e. The molecule has 0 aromatic carbocycles. The SMILES string of the molecule is CC(C)(C)N=C(N)SCc1nc2sc3c(c2c(=O)[nH]1)CCC3.Cl.